The fourth-order valence-electron chi connectivity index (χ4n) is 1.66. The molecule has 0 fully saturated rings. The van der Waals surface area contributed by atoms with Gasteiger partial charge in [-0.2, -0.15) is 0 Å². The molecule has 1 aromatic carbocycles. The van der Waals surface area contributed by atoms with Crippen LogP contribution in [-0.4, -0.2) is 40.8 Å². The topological polar surface area (TPSA) is 62.9 Å². The van der Waals surface area contributed by atoms with E-state index in [-0.39, 0.29) is 0 Å². The SMILES string of the molecule is COCCOc1ccccc1C(N)C(OC)OC. The van der Waals surface area contributed by atoms with Gasteiger partial charge in [0.1, 0.15) is 12.4 Å². The maximum atomic E-state index is 6.10. The Bertz CT molecular complexity index is 342. The summed E-state index contributed by atoms with van der Waals surface area (Å²) in [5, 5.41) is 0. The molecule has 0 radical (unpaired) electrons. The molecule has 0 aliphatic rings. The molecule has 1 aromatic rings. The van der Waals surface area contributed by atoms with E-state index in [0.29, 0.717) is 13.2 Å². The summed E-state index contributed by atoms with van der Waals surface area (Å²) < 4.78 is 20.9. The van der Waals surface area contributed by atoms with Crippen molar-refractivity contribution >= 4 is 0 Å². The van der Waals surface area contributed by atoms with Crippen molar-refractivity contribution in [1.82, 2.24) is 0 Å². The molecular weight excluding hydrogens is 234 g/mol. The Morgan fingerprint density at radius 3 is 2.33 bits per heavy atom. The molecule has 0 amide bonds. The van der Waals surface area contributed by atoms with Crippen molar-refractivity contribution in [3.8, 4) is 5.75 Å². The first kappa shape index (κ1) is 14.9. The van der Waals surface area contributed by atoms with Gasteiger partial charge in [-0.3, -0.25) is 0 Å². The number of hydrogen-bond donors (Lipinski definition) is 1. The zero-order chi connectivity index (χ0) is 13.4. The Morgan fingerprint density at radius 1 is 1.06 bits per heavy atom. The van der Waals surface area contributed by atoms with E-state index in [9.17, 15) is 0 Å². The van der Waals surface area contributed by atoms with Crippen LogP contribution in [0.1, 0.15) is 11.6 Å². The highest BCUT2D eigenvalue weighted by molar-refractivity contribution is 5.36. The van der Waals surface area contributed by atoms with Crippen molar-refractivity contribution in [2.24, 2.45) is 5.73 Å². The molecule has 102 valence electrons. The first-order valence-corrected chi connectivity index (χ1v) is 5.76. The summed E-state index contributed by atoms with van der Waals surface area (Å²) in [6.07, 6.45) is -0.503. The highest BCUT2D eigenvalue weighted by Crippen LogP contribution is 2.26. The van der Waals surface area contributed by atoms with Gasteiger partial charge in [-0.15, -0.1) is 0 Å². The van der Waals surface area contributed by atoms with Crippen molar-refractivity contribution in [2.45, 2.75) is 12.3 Å². The van der Waals surface area contributed by atoms with E-state index >= 15 is 0 Å². The molecule has 0 heterocycles. The molecule has 0 aliphatic carbocycles. The standard InChI is InChI=1S/C13H21NO4/c1-15-8-9-18-11-7-5-4-6-10(11)12(14)13(16-2)17-3/h4-7,12-13H,8-9,14H2,1-3H3. The van der Waals surface area contributed by atoms with E-state index < -0.39 is 12.3 Å². The minimum absolute atomic E-state index is 0.404. The van der Waals surface area contributed by atoms with Gasteiger partial charge in [0, 0.05) is 26.9 Å². The zero-order valence-electron chi connectivity index (χ0n) is 11.1. The quantitative estimate of drug-likeness (QED) is 0.561. The Kier molecular flexibility index (Phi) is 6.67. The molecule has 0 saturated heterocycles. The lowest BCUT2D eigenvalue weighted by atomic mass is 10.1. The van der Waals surface area contributed by atoms with Gasteiger partial charge in [0.05, 0.1) is 12.6 Å². The molecule has 0 bridgehead atoms. The lowest BCUT2D eigenvalue weighted by Gasteiger charge is -2.23. The van der Waals surface area contributed by atoms with E-state index in [1.807, 2.05) is 24.3 Å². The lowest BCUT2D eigenvalue weighted by Crippen LogP contribution is -2.30. The summed E-state index contributed by atoms with van der Waals surface area (Å²) in [7, 11) is 4.75. The molecule has 1 rings (SSSR count). The van der Waals surface area contributed by atoms with Crippen LogP contribution in [0, 0.1) is 0 Å². The fourth-order valence-corrected chi connectivity index (χ4v) is 1.66. The molecule has 5 nitrogen and oxygen atoms in total. The predicted molar refractivity (Wildman–Crippen MR) is 68.5 cm³/mol. The van der Waals surface area contributed by atoms with Crippen LogP contribution in [0.15, 0.2) is 24.3 Å². The number of ether oxygens (including phenoxy) is 4. The summed E-state index contributed by atoms with van der Waals surface area (Å²) in [4.78, 5) is 0. The maximum absolute atomic E-state index is 6.10. The van der Waals surface area contributed by atoms with E-state index in [1.54, 1.807) is 21.3 Å². The van der Waals surface area contributed by atoms with E-state index in [2.05, 4.69) is 0 Å². The molecule has 18 heavy (non-hydrogen) atoms. The Labute approximate surface area is 108 Å². The van der Waals surface area contributed by atoms with E-state index in [0.717, 1.165) is 11.3 Å². The van der Waals surface area contributed by atoms with E-state index in [4.69, 9.17) is 24.7 Å². The molecule has 2 N–H and O–H groups in total. The van der Waals surface area contributed by atoms with Crippen LogP contribution in [0.2, 0.25) is 0 Å². The van der Waals surface area contributed by atoms with Gasteiger partial charge < -0.3 is 24.7 Å². The lowest BCUT2D eigenvalue weighted by molar-refractivity contribution is -0.117. The smallest absolute Gasteiger partial charge is 0.176 e. The Balaban J connectivity index is 2.79. The third kappa shape index (κ3) is 3.96. The van der Waals surface area contributed by atoms with Crippen LogP contribution in [0.25, 0.3) is 0 Å². The number of nitrogens with two attached hydrogens (primary N) is 1. The van der Waals surface area contributed by atoms with Gasteiger partial charge in [0.15, 0.2) is 6.29 Å². The molecule has 1 atom stereocenters. The largest absolute Gasteiger partial charge is 0.491 e. The van der Waals surface area contributed by atoms with Crippen LogP contribution in [0.5, 0.6) is 5.75 Å². The molecule has 0 aliphatic heterocycles. The highest BCUT2D eigenvalue weighted by atomic mass is 16.7. The number of hydrogen-bond acceptors (Lipinski definition) is 5. The first-order valence-electron chi connectivity index (χ1n) is 5.76. The van der Waals surface area contributed by atoms with Gasteiger partial charge >= 0.3 is 0 Å². The Morgan fingerprint density at radius 2 is 1.72 bits per heavy atom. The van der Waals surface area contributed by atoms with Crippen molar-refractivity contribution in [3.05, 3.63) is 29.8 Å². The van der Waals surface area contributed by atoms with E-state index in [1.165, 1.54) is 0 Å². The molecule has 0 aromatic heterocycles. The van der Waals surface area contributed by atoms with Crippen molar-refractivity contribution < 1.29 is 18.9 Å². The van der Waals surface area contributed by atoms with Crippen molar-refractivity contribution in [3.63, 3.8) is 0 Å². The Hall–Kier alpha value is -1.14. The minimum Gasteiger partial charge on any atom is -0.491 e. The second kappa shape index (κ2) is 8.05. The maximum Gasteiger partial charge on any atom is 0.176 e. The summed E-state index contributed by atoms with van der Waals surface area (Å²) >= 11 is 0. The number of methoxy groups -OCH3 is 3. The summed E-state index contributed by atoms with van der Waals surface area (Å²) in [5.41, 5.74) is 6.95. The second-order valence-electron chi connectivity index (χ2n) is 3.74. The number of benzene rings is 1. The van der Waals surface area contributed by atoms with Gasteiger partial charge in [0.2, 0.25) is 0 Å². The van der Waals surface area contributed by atoms with Crippen LogP contribution < -0.4 is 10.5 Å². The average molecular weight is 255 g/mol. The zero-order valence-corrected chi connectivity index (χ0v) is 11.1. The number of rotatable bonds is 8. The van der Waals surface area contributed by atoms with Crippen LogP contribution in [-0.2, 0) is 14.2 Å². The minimum atomic E-state index is -0.503. The molecule has 1 unspecified atom stereocenters. The van der Waals surface area contributed by atoms with Crippen LogP contribution in [0.3, 0.4) is 0 Å². The van der Waals surface area contributed by atoms with Crippen LogP contribution in [0.4, 0.5) is 0 Å². The predicted octanol–water partition coefficient (Wildman–Crippen LogP) is 1.33. The van der Waals surface area contributed by atoms with Crippen molar-refractivity contribution in [1.29, 1.82) is 0 Å². The van der Waals surface area contributed by atoms with Crippen LogP contribution >= 0.6 is 0 Å². The fraction of sp³-hybridized carbons (Fsp3) is 0.538. The second-order valence-corrected chi connectivity index (χ2v) is 3.74. The summed E-state index contributed by atoms with van der Waals surface area (Å²) in [6.45, 7) is 1.01. The molecule has 5 heteroatoms. The highest BCUT2D eigenvalue weighted by Gasteiger charge is 2.21. The summed E-state index contributed by atoms with van der Waals surface area (Å²) in [6, 6.07) is 7.16. The molecular formula is C13H21NO4. The first-order chi connectivity index (χ1) is 8.74. The molecule has 0 saturated carbocycles. The third-order valence-corrected chi connectivity index (χ3v) is 2.58. The normalized spacial score (nSPS) is 12.7. The average Bonchev–Trinajstić information content (AvgIpc) is 2.41. The third-order valence-electron chi connectivity index (χ3n) is 2.58. The van der Waals surface area contributed by atoms with Gasteiger partial charge in [0.25, 0.3) is 0 Å². The molecule has 0 spiro atoms. The summed E-state index contributed by atoms with van der Waals surface area (Å²) in [5.74, 6) is 0.723. The van der Waals surface area contributed by atoms with Gasteiger partial charge in [-0.1, -0.05) is 18.2 Å². The van der Waals surface area contributed by atoms with Gasteiger partial charge in [-0.05, 0) is 6.07 Å². The number of para-hydroxylation sites is 1. The monoisotopic (exact) mass is 255 g/mol. The van der Waals surface area contributed by atoms with Crippen molar-refractivity contribution in [2.75, 3.05) is 34.5 Å². The van der Waals surface area contributed by atoms with Gasteiger partial charge in [-0.25, -0.2) is 0 Å².